The zero-order chi connectivity index (χ0) is 16.5. The minimum absolute atomic E-state index is 0.0685. The van der Waals surface area contributed by atoms with E-state index in [1.54, 1.807) is 23.9 Å². The van der Waals surface area contributed by atoms with Gasteiger partial charge >= 0.3 is 0 Å². The molecule has 0 saturated heterocycles. The first kappa shape index (κ1) is 17.5. The Balaban J connectivity index is 1.63. The van der Waals surface area contributed by atoms with E-state index in [0.29, 0.717) is 6.54 Å². The van der Waals surface area contributed by atoms with Gasteiger partial charge in [-0.25, -0.2) is 4.39 Å². The minimum atomic E-state index is -0.216. The fourth-order valence-electron chi connectivity index (χ4n) is 2.17. The Morgan fingerprint density at radius 1 is 1.09 bits per heavy atom. The number of amides is 1. The summed E-state index contributed by atoms with van der Waals surface area (Å²) >= 11 is 1.64. The molecule has 4 heteroatoms. The van der Waals surface area contributed by atoms with Crippen molar-refractivity contribution >= 4 is 17.7 Å². The summed E-state index contributed by atoms with van der Waals surface area (Å²) in [4.78, 5) is 12.0. The molecule has 0 aliphatic carbocycles. The fourth-order valence-corrected chi connectivity index (χ4v) is 3.04. The third-order valence-electron chi connectivity index (χ3n) is 3.57. The van der Waals surface area contributed by atoms with E-state index >= 15 is 0 Å². The van der Waals surface area contributed by atoms with Gasteiger partial charge in [-0.3, -0.25) is 4.79 Å². The van der Waals surface area contributed by atoms with Crippen molar-refractivity contribution in [1.29, 1.82) is 0 Å². The van der Waals surface area contributed by atoms with Crippen LogP contribution in [0.3, 0.4) is 0 Å². The first-order valence-electron chi connectivity index (χ1n) is 7.83. The zero-order valence-electron chi connectivity index (χ0n) is 13.3. The van der Waals surface area contributed by atoms with Gasteiger partial charge in [0.15, 0.2) is 0 Å². The van der Waals surface area contributed by atoms with Crippen molar-refractivity contribution in [1.82, 2.24) is 5.32 Å². The number of hydrogen-bond donors (Lipinski definition) is 1. The Kier molecular flexibility index (Phi) is 7.14. The summed E-state index contributed by atoms with van der Waals surface area (Å²) in [5.74, 6) is 0.696. The summed E-state index contributed by atoms with van der Waals surface area (Å²) in [5, 5.41) is 2.90. The van der Waals surface area contributed by atoms with Gasteiger partial charge in [0.25, 0.3) is 0 Å². The second kappa shape index (κ2) is 9.36. The number of carbonyl (C=O) groups is 1. The standard InChI is InChI=1S/C19H22FNOS/c1-15(23-14-17-6-3-2-4-7-17)19(22)21-13-5-8-16-9-11-18(20)12-10-16/h2-4,6-7,9-12,15H,5,8,13-14H2,1H3,(H,21,22). The largest absolute Gasteiger partial charge is 0.355 e. The molecule has 1 N–H and O–H groups in total. The smallest absolute Gasteiger partial charge is 0.232 e. The van der Waals surface area contributed by atoms with Crippen LogP contribution in [0.25, 0.3) is 0 Å². The highest BCUT2D eigenvalue weighted by Gasteiger charge is 2.12. The van der Waals surface area contributed by atoms with E-state index in [1.165, 1.54) is 17.7 Å². The van der Waals surface area contributed by atoms with Crippen LogP contribution in [-0.4, -0.2) is 17.7 Å². The predicted octanol–water partition coefficient (Wildman–Crippen LogP) is 4.20. The molecular weight excluding hydrogens is 309 g/mol. The third-order valence-corrected chi connectivity index (χ3v) is 4.78. The van der Waals surface area contributed by atoms with Crippen LogP contribution in [0.1, 0.15) is 24.5 Å². The maximum atomic E-state index is 12.8. The highest BCUT2D eigenvalue weighted by atomic mass is 32.2. The molecule has 2 nitrogen and oxygen atoms in total. The van der Waals surface area contributed by atoms with Crippen LogP contribution >= 0.6 is 11.8 Å². The van der Waals surface area contributed by atoms with Gasteiger partial charge in [0.05, 0.1) is 5.25 Å². The van der Waals surface area contributed by atoms with Crippen molar-refractivity contribution in [3.63, 3.8) is 0 Å². The van der Waals surface area contributed by atoms with E-state index in [4.69, 9.17) is 0 Å². The summed E-state index contributed by atoms with van der Waals surface area (Å²) < 4.78 is 12.8. The number of halogens is 1. The highest BCUT2D eigenvalue weighted by molar-refractivity contribution is 7.99. The molecule has 1 unspecified atom stereocenters. The molecule has 0 radical (unpaired) electrons. The summed E-state index contributed by atoms with van der Waals surface area (Å²) in [6, 6.07) is 16.7. The molecule has 0 saturated carbocycles. The van der Waals surface area contributed by atoms with E-state index < -0.39 is 0 Å². The Hall–Kier alpha value is -1.81. The molecule has 0 aliphatic heterocycles. The molecule has 1 atom stereocenters. The average Bonchev–Trinajstić information content (AvgIpc) is 2.59. The highest BCUT2D eigenvalue weighted by Crippen LogP contribution is 2.17. The number of thioether (sulfide) groups is 1. The second-order valence-corrected chi connectivity index (χ2v) is 6.79. The Morgan fingerprint density at radius 3 is 2.48 bits per heavy atom. The average molecular weight is 331 g/mol. The molecule has 2 aromatic carbocycles. The molecule has 0 spiro atoms. The van der Waals surface area contributed by atoms with Crippen molar-refractivity contribution in [2.75, 3.05) is 6.54 Å². The molecule has 0 aliphatic rings. The van der Waals surface area contributed by atoms with Crippen LogP contribution in [0.4, 0.5) is 4.39 Å². The lowest BCUT2D eigenvalue weighted by molar-refractivity contribution is -0.120. The van der Waals surface area contributed by atoms with Gasteiger partial charge < -0.3 is 5.32 Å². The Labute approximate surface area is 141 Å². The molecule has 1 amide bonds. The summed E-state index contributed by atoms with van der Waals surface area (Å²) in [7, 11) is 0. The summed E-state index contributed by atoms with van der Waals surface area (Å²) in [6.07, 6.45) is 1.69. The van der Waals surface area contributed by atoms with E-state index in [2.05, 4.69) is 17.4 Å². The van der Waals surface area contributed by atoms with Crippen molar-refractivity contribution < 1.29 is 9.18 Å². The first-order chi connectivity index (χ1) is 11.1. The lowest BCUT2D eigenvalue weighted by Crippen LogP contribution is -2.31. The molecule has 2 aromatic rings. The minimum Gasteiger partial charge on any atom is -0.355 e. The third kappa shape index (κ3) is 6.45. The normalized spacial score (nSPS) is 11.9. The predicted molar refractivity (Wildman–Crippen MR) is 94.9 cm³/mol. The van der Waals surface area contributed by atoms with E-state index in [0.717, 1.165) is 24.2 Å². The maximum absolute atomic E-state index is 12.8. The van der Waals surface area contributed by atoms with Gasteiger partial charge in [-0.2, -0.15) is 0 Å². The molecule has 0 aromatic heterocycles. The number of carbonyl (C=O) groups excluding carboxylic acids is 1. The zero-order valence-corrected chi connectivity index (χ0v) is 14.1. The van der Waals surface area contributed by atoms with Crippen LogP contribution in [-0.2, 0) is 17.0 Å². The Morgan fingerprint density at radius 2 is 1.78 bits per heavy atom. The molecule has 23 heavy (non-hydrogen) atoms. The van der Waals surface area contributed by atoms with Crippen molar-refractivity contribution in [2.24, 2.45) is 0 Å². The van der Waals surface area contributed by atoms with Crippen molar-refractivity contribution in [3.05, 3.63) is 71.5 Å². The van der Waals surface area contributed by atoms with Crippen LogP contribution in [0.15, 0.2) is 54.6 Å². The number of rotatable bonds is 8. The van der Waals surface area contributed by atoms with Crippen LogP contribution in [0, 0.1) is 5.82 Å². The van der Waals surface area contributed by atoms with Gasteiger partial charge in [-0.1, -0.05) is 42.5 Å². The number of nitrogens with one attached hydrogen (secondary N) is 1. The van der Waals surface area contributed by atoms with E-state index in [1.807, 2.05) is 25.1 Å². The number of hydrogen-bond acceptors (Lipinski definition) is 2. The van der Waals surface area contributed by atoms with Crippen LogP contribution in [0.5, 0.6) is 0 Å². The molecular formula is C19H22FNOS. The molecule has 0 fully saturated rings. The Bertz CT molecular complexity index is 601. The molecule has 2 rings (SSSR count). The molecule has 122 valence electrons. The van der Waals surface area contributed by atoms with Gasteiger partial charge in [-0.05, 0) is 43.0 Å². The molecule has 0 bridgehead atoms. The summed E-state index contributed by atoms with van der Waals surface area (Å²) in [5.41, 5.74) is 2.32. The number of aryl methyl sites for hydroxylation is 1. The van der Waals surface area contributed by atoms with Gasteiger partial charge in [0.2, 0.25) is 5.91 Å². The fraction of sp³-hybridized carbons (Fsp3) is 0.316. The number of benzene rings is 2. The van der Waals surface area contributed by atoms with E-state index in [9.17, 15) is 9.18 Å². The molecule has 0 heterocycles. The first-order valence-corrected chi connectivity index (χ1v) is 8.87. The van der Waals surface area contributed by atoms with E-state index in [-0.39, 0.29) is 17.0 Å². The van der Waals surface area contributed by atoms with Gasteiger partial charge in [0, 0.05) is 12.3 Å². The second-order valence-electron chi connectivity index (χ2n) is 5.46. The van der Waals surface area contributed by atoms with Crippen molar-refractivity contribution in [2.45, 2.75) is 30.8 Å². The van der Waals surface area contributed by atoms with Crippen molar-refractivity contribution in [3.8, 4) is 0 Å². The van der Waals surface area contributed by atoms with Gasteiger partial charge in [-0.15, -0.1) is 11.8 Å². The quantitative estimate of drug-likeness (QED) is 0.735. The maximum Gasteiger partial charge on any atom is 0.232 e. The lowest BCUT2D eigenvalue weighted by atomic mass is 10.1. The monoisotopic (exact) mass is 331 g/mol. The summed E-state index contributed by atoms with van der Waals surface area (Å²) in [6.45, 7) is 2.58. The van der Waals surface area contributed by atoms with Crippen LogP contribution in [0.2, 0.25) is 0 Å². The lowest BCUT2D eigenvalue weighted by Gasteiger charge is -2.12. The topological polar surface area (TPSA) is 29.1 Å². The SMILES string of the molecule is CC(SCc1ccccc1)C(=O)NCCCc1ccc(F)cc1. The van der Waals surface area contributed by atoms with Gasteiger partial charge in [0.1, 0.15) is 5.82 Å². The van der Waals surface area contributed by atoms with Crippen LogP contribution < -0.4 is 5.32 Å².